The molecule has 1 aliphatic heterocycles. The average molecular weight is 370 g/mol. The Morgan fingerprint density at radius 2 is 2.04 bits per heavy atom. The number of carbonyl (C=O) groups excluding carboxylic acids is 2. The number of nitrogens with one attached hydrogen (secondary N) is 1. The molecule has 0 bridgehead atoms. The highest BCUT2D eigenvalue weighted by Crippen LogP contribution is 2.20. The predicted octanol–water partition coefficient (Wildman–Crippen LogP) is 3.17. The van der Waals surface area contributed by atoms with Gasteiger partial charge in [0.15, 0.2) is 5.76 Å². The molecule has 1 aromatic carbocycles. The summed E-state index contributed by atoms with van der Waals surface area (Å²) in [6.45, 7) is 3.82. The minimum Gasteiger partial charge on any atom is -0.494 e. The smallest absolute Gasteiger partial charge is 0.290 e. The van der Waals surface area contributed by atoms with E-state index in [1.165, 1.54) is 11.8 Å². The Hall–Kier alpha value is -2.76. The van der Waals surface area contributed by atoms with E-state index < -0.39 is 6.04 Å². The lowest BCUT2D eigenvalue weighted by Crippen LogP contribution is -2.46. The first-order valence-corrected chi connectivity index (χ1v) is 9.47. The summed E-state index contributed by atoms with van der Waals surface area (Å²) in [6.07, 6.45) is 4.67. The van der Waals surface area contributed by atoms with Gasteiger partial charge in [0.05, 0.1) is 12.9 Å². The molecule has 27 heavy (non-hydrogen) atoms. The summed E-state index contributed by atoms with van der Waals surface area (Å²) >= 11 is 0. The van der Waals surface area contributed by atoms with Crippen molar-refractivity contribution < 1.29 is 18.7 Å². The van der Waals surface area contributed by atoms with Crippen LogP contribution in [0.4, 0.5) is 0 Å². The van der Waals surface area contributed by atoms with Gasteiger partial charge in [-0.3, -0.25) is 9.59 Å². The predicted molar refractivity (Wildman–Crippen MR) is 102 cm³/mol. The average Bonchev–Trinajstić information content (AvgIpc) is 3.37. The minimum atomic E-state index is -0.411. The van der Waals surface area contributed by atoms with E-state index in [2.05, 4.69) is 5.32 Å². The minimum absolute atomic E-state index is 0.0909. The van der Waals surface area contributed by atoms with E-state index in [4.69, 9.17) is 9.15 Å². The molecule has 1 aliphatic rings. The lowest BCUT2D eigenvalue weighted by molar-refractivity contribution is -0.124. The number of rotatable bonds is 8. The van der Waals surface area contributed by atoms with E-state index in [1.807, 2.05) is 31.2 Å². The summed E-state index contributed by atoms with van der Waals surface area (Å²) in [5, 5.41) is 2.94. The zero-order valence-corrected chi connectivity index (χ0v) is 15.6. The highest BCUT2D eigenvalue weighted by Gasteiger charge is 2.35. The molecule has 0 saturated carbocycles. The van der Waals surface area contributed by atoms with Crippen molar-refractivity contribution in [2.75, 3.05) is 19.7 Å². The van der Waals surface area contributed by atoms with Crippen LogP contribution in [-0.2, 0) is 4.79 Å². The van der Waals surface area contributed by atoms with Gasteiger partial charge in [0.2, 0.25) is 5.91 Å². The Labute approximate surface area is 159 Å². The van der Waals surface area contributed by atoms with Crippen molar-refractivity contribution >= 4 is 11.8 Å². The molecule has 1 fully saturated rings. The molecule has 6 heteroatoms. The number of aryl methyl sites for hydroxylation is 1. The van der Waals surface area contributed by atoms with Crippen molar-refractivity contribution in [3.05, 3.63) is 54.0 Å². The van der Waals surface area contributed by atoms with Gasteiger partial charge in [-0.15, -0.1) is 0 Å². The van der Waals surface area contributed by atoms with Crippen molar-refractivity contribution in [1.82, 2.24) is 10.2 Å². The van der Waals surface area contributed by atoms with Crippen LogP contribution in [0.15, 0.2) is 47.1 Å². The van der Waals surface area contributed by atoms with Gasteiger partial charge in [-0.1, -0.05) is 17.7 Å². The number of ether oxygens (including phenoxy) is 1. The zero-order chi connectivity index (χ0) is 19.1. The van der Waals surface area contributed by atoms with Crippen LogP contribution in [0.3, 0.4) is 0 Å². The van der Waals surface area contributed by atoms with Gasteiger partial charge in [0, 0.05) is 13.1 Å². The first kappa shape index (κ1) is 19.0. The number of unbranched alkanes of at least 4 members (excludes halogenated alkanes) is 1. The van der Waals surface area contributed by atoms with Gasteiger partial charge in [-0.25, -0.2) is 0 Å². The van der Waals surface area contributed by atoms with Crippen LogP contribution in [0, 0.1) is 6.92 Å². The Kier molecular flexibility index (Phi) is 6.52. The molecule has 1 atom stereocenters. The van der Waals surface area contributed by atoms with Crippen LogP contribution in [0.2, 0.25) is 0 Å². The number of furan rings is 1. The fourth-order valence-corrected chi connectivity index (χ4v) is 3.21. The molecular formula is C21H26N2O4. The summed E-state index contributed by atoms with van der Waals surface area (Å²) in [7, 11) is 0. The number of benzene rings is 1. The first-order valence-electron chi connectivity index (χ1n) is 9.47. The van der Waals surface area contributed by atoms with E-state index in [0.717, 1.165) is 25.0 Å². The molecular weight excluding hydrogens is 344 g/mol. The van der Waals surface area contributed by atoms with Crippen LogP contribution in [0.25, 0.3) is 0 Å². The molecule has 2 amide bonds. The molecule has 6 nitrogen and oxygen atoms in total. The van der Waals surface area contributed by atoms with Crippen LogP contribution in [0.5, 0.6) is 5.75 Å². The third-order valence-corrected chi connectivity index (χ3v) is 4.71. The van der Waals surface area contributed by atoms with Crippen molar-refractivity contribution in [3.63, 3.8) is 0 Å². The van der Waals surface area contributed by atoms with Crippen molar-refractivity contribution in [3.8, 4) is 5.75 Å². The van der Waals surface area contributed by atoms with Gasteiger partial charge in [-0.05, 0) is 56.9 Å². The monoisotopic (exact) mass is 370 g/mol. The Morgan fingerprint density at radius 1 is 1.22 bits per heavy atom. The van der Waals surface area contributed by atoms with E-state index in [-0.39, 0.29) is 17.6 Å². The molecule has 0 radical (unpaired) electrons. The third-order valence-electron chi connectivity index (χ3n) is 4.71. The second kappa shape index (κ2) is 9.26. The van der Waals surface area contributed by atoms with Crippen molar-refractivity contribution in [2.45, 2.75) is 38.6 Å². The van der Waals surface area contributed by atoms with Crippen LogP contribution in [0.1, 0.15) is 41.8 Å². The maximum absolute atomic E-state index is 12.4. The fourth-order valence-electron chi connectivity index (χ4n) is 3.21. The summed E-state index contributed by atoms with van der Waals surface area (Å²) < 4.78 is 10.8. The van der Waals surface area contributed by atoms with E-state index in [0.29, 0.717) is 26.1 Å². The van der Waals surface area contributed by atoms with Crippen LogP contribution in [-0.4, -0.2) is 42.5 Å². The molecule has 1 aromatic heterocycles. The fraction of sp³-hybridized carbons (Fsp3) is 0.429. The quantitative estimate of drug-likeness (QED) is 0.725. The number of nitrogens with zero attached hydrogens (tertiary/aromatic N) is 1. The maximum atomic E-state index is 12.4. The molecule has 2 heterocycles. The van der Waals surface area contributed by atoms with Crippen LogP contribution >= 0.6 is 0 Å². The van der Waals surface area contributed by atoms with Gasteiger partial charge < -0.3 is 19.4 Å². The van der Waals surface area contributed by atoms with Gasteiger partial charge in [0.25, 0.3) is 5.91 Å². The Balaban J connectivity index is 1.36. The standard InChI is InChI=1S/C21H26N2O4/c1-16-8-10-17(11-9-16)26-14-3-2-12-22-20(24)18-6-4-13-23(18)21(25)19-7-5-15-27-19/h5,7-11,15,18H,2-4,6,12-14H2,1H3,(H,22,24)/t18-/m1/s1. The largest absolute Gasteiger partial charge is 0.494 e. The molecule has 0 aliphatic carbocycles. The Bertz CT molecular complexity index is 740. The lowest BCUT2D eigenvalue weighted by atomic mass is 10.2. The number of likely N-dealkylation sites (tertiary alicyclic amines) is 1. The van der Waals surface area contributed by atoms with E-state index >= 15 is 0 Å². The molecule has 1 N–H and O–H groups in total. The summed E-state index contributed by atoms with van der Waals surface area (Å²) in [5.41, 5.74) is 1.21. The van der Waals surface area contributed by atoms with Gasteiger partial charge in [0.1, 0.15) is 11.8 Å². The van der Waals surface area contributed by atoms with E-state index in [9.17, 15) is 9.59 Å². The summed E-state index contributed by atoms with van der Waals surface area (Å²) in [6, 6.07) is 10.9. The molecule has 0 unspecified atom stereocenters. The van der Waals surface area contributed by atoms with Gasteiger partial charge in [-0.2, -0.15) is 0 Å². The number of hydrogen-bond acceptors (Lipinski definition) is 4. The van der Waals surface area contributed by atoms with Crippen molar-refractivity contribution in [2.24, 2.45) is 0 Å². The number of hydrogen-bond donors (Lipinski definition) is 1. The van der Waals surface area contributed by atoms with E-state index in [1.54, 1.807) is 17.0 Å². The van der Waals surface area contributed by atoms with Crippen molar-refractivity contribution in [1.29, 1.82) is 0 Å². The molecule has 144 valence electrons. The molecule has 2 aromatic rings. The first-order chi connectivity index (χ1) is 13.1. The highest BCUT2D eigenvalue weighted by atomic mass is 16.5. The van der Waals surface area contributed by atoms with Crippen LogP contribution < -0.4 is 10.1 Å². The maximum Gasteiger partial charge on any atom is 0.290 e. The molecule has 0 spiro atoms. The Morgan fingerprint density at radius 3 is 2.78 bits per heavy atom. The topological polar surface area (TPSA) is 71.8 Å². The second-order valence-corrected chi connectivity index (χ2v) is 6.79. The second-order valence-electron chi connectivity index (χ2n) is 6.79. The number of carbonyl (C=O) groups is 2. The highest BCUT2D eigenvalue weighted by molar-refractivity contribution is 5.95. The summed E-state index contributed by atoms with van der Waals surface area (Å²) in [5.74, 6) is 0.835. The SMILES string of the molecule is Cc1ccc(OCCCCNC(=O)[C@H]2CCCN2C(=O)c2ccco2)cc1. The molecule has 1 saturated heterocycles. The normalized spacial score (nSPS) is 16.3. The lowest BCUT2D eigenvalue weighted by Gasteiger charge is -2.23. The van der Waals surface area contributed by atoms with Gasteiger partial charge >= 0.3 is 0 Å². The summed E-state index contributed by atoms with van der Waals surface area (Å²) in [4.78, 5) is 26.5. The number of amides is 2. The third kappa shape index (κ3) is 5.12. The molecule has 3 rings (SSSR count). The zero-order valence-electron chi connectivity index (χ0n) is 15.6.